The van der Waals surface area contributed by atoms with Gasteiger partial charge in [0.15, 0.2) is 0 Å². The van der Waals surface area contributed by atoms with Crippen LogP contribution in [0.15, 0.2) is 23.8 Å². The van der Waals surface area contributed by atoms with Gasteiger partial charge in [0, 0.05) is 0 Å². The number of fused-ring (bicyclic) bond motifs is 2. The van der Waals surface area contributed by atoms with E-state index in [1.54, 1.807) is 12.7 Å². The van der Waals surface area contributed by atoms with Crippen LogP contribution in [0.25, 0.3) is 5.57 Å². The molecule has 1 unspecified atom stereocenters. The minimum absolute atomic E-state index is 0.451. The van der Waals surface area contributed by atoms with E-state index in [9.17, 15) is 0 Å². The molecule has 1 heteroatoms. The second kappa shape index (κ2) is 4.40. The number of methoxy groups -OCH3 is 1. The van der Waals surface area contributed by atoms with E-state index in [0.29, 0.717) is 5.41 Å². The molecule has 0 N–H and O–H groups in total. The largest absolute Gasteiger partial charge is 0.497 e. The minimum atomic E-state index is 0.451. The first-order valence-electron chi connectivity index (χ1n) is 7.40. The monoisotopic (exact) mass is 256 g/mol. The van der Waals surface area contributed by atoms with E-state index in [2.05, 4.69) is 39.0 Å². The van der Waals surface area contributed by atoms with Crippen molar-refractivity contribution in [1.29, 1.82) is 0 Å². The number of hydrogen-bond donors (Lipinski definition) is 0. The lowest BCUT2D eigenvalue weighted by atomic mass is 9.61. The van der Waals surface area contributed by atoms with Crippen molar-refractivity contribution in [3.8, 4) is 5.75 Å². The summed E-state index contributed by atoms with van der Waals surface area (Å²) in [5.74, 6) is 1.72. The first-order chi connectivity index (χ1) is 9.03. The molecule has 1 nitrogen and oxygen atoms in total. The Morgan fingerprint density at radius 2 is 2.05 bits per heavy atom. The summed E-state index contributed by atoms with van der Waals surface area (Å²) in [7, 11) is 1.75. The van der Waals surface area contributed by atoms with Gasteiger partial charge in [-0.15, -0.1) is 0 Å². The molecule has 0 spiro atoms. The Bertz CT molecular complexity index is 537. The molecular weight excluding hydrogens is 232 g/mol. The van der Waals surface area contributed by atoms with Crippen molar-refractivity contribution in [3.05, 3.63) is 34.9 Å². The van der Waals surface area contributed by atoms with E-state index in [-0.39, 0.29) is 0 Å². The molecule has 0 bridgehead atoms. The quantitative estimate of drug-likeness (QED) is 0.698. The van der Waals surface area contributed by atoms with Gasteiger partial charge in [0.05, 0.1) is 7.11 Å². The van der Waals surface area contributed by atoms with E-state index < -0.39 is 0 Å². The fourth-order valence-electron chi connectivity index (χ4n) is 4.01. The van der Waals surface area contributed by atoms with Crippen LogP contribution < -0.4 is 4.74 Å². The highest BCUT2D eigenvalue weighted by atomic mass is 16.5. The van der Waals surface area contributed by atoms with Crippen molar-refractivity contribution >= 4 is 5.57 Å². The summed E-state index contributed by atoms with van der Waals surface area (Å²) in [6.45, 7) is 7.19. The Labute approximate surface area is 116 Å². The molecule has 2 aliphatic carbocycles. The van der Waals surface area contributed by atoms with Crippen LogP contribution in [0.5, 0.6) is 5.75 Å². The maximum absolute atomic E-state index is 5.38. The number of ether oxygens (including phenoxy) is 1. The zero-order valence-electron chi connectivity index (χ0n) is 12.5. The number of allylic oxidation sites excluding steroid dienone is 2. The molecule has 1 saturated carbocycles. The SMILES string of the molecule is COc1ccc2c(c1)C(C)=C1CCCC(C)(C)C1C2. The van der Waals surface area contributed by atoms with E-state index in [0.717, 1.165) is 11.7 Å². The zero-order valence-corrected chi connectivity index (χ0v) is 12.5. The van der Waals surface area contributed by atoms with Gasteiger partial charge < -0.3 is 4.74 Å². The second-order valence-corrected chi connectivity index (χ2v) is 6.77. The molecule has 0 aromatic heterocycles. The summed E-state index contributed by atoms with van der Waals surface area (Å²) in [6.07, 6.45) is 5.20. The van der Waals surface area contributed by atoms with Crippen LogP contribution in [-0.2, 0) is 6.42 Å². The van der Waals surface area contributed by atoms with E-state index in [1.807, 2.05) is 0 Å². The van der Waals surface area contributed by atoms with Crippen molar-refractivity contribution in [1.82, 2.24) is 0 Å². The number of rotatable bonds is 1. The normalized spacial score (nSPS) is 24.7. The van der Waals surface area contributed by atoms with Crippen LogP contribution >= 0.6 is 0 Å². The molecule has 1 fully saturated rings. The molecule has 0 saturated heterocycles. The number of hydrogen-bond acceptors (Lipinski definition) is 1. The highest BCUT2D eigenvalue weighted by molar-refractivity contribution is 5.73. The van der Waals surface area contributed by atoms with Gasteiger partial charge in [0.2, 0.25) is 0 Å². The summed E-state index contributed by atoms with van der Waals surface area (Å²) < 4.78 is 5.38. The smallest absolute Gasteiger partial charge is 0.119 e. The molecule has 1 atom stereocenters. The van der Waals surface area contributed by atoms with E-state index in [1.165, 1.54) is 42.4 Å². The molecule has 19 heavy (non-hydrogen) atoms. The summed E-state index contributed by atoms with van der Waals surface area (Å²) in [4.78, 5) is 0. The predicted octanol–water partition coefficient (Wildman–Crippen LogP) is 4.85. The average molecular weight is 256 g/mol. The van der Waals surface area contributed by atoms with Gasteiger partial charge in [-0.05, 0) is 72.8 Å². The molecule has 2 aliphatic rings. The number of benzene rings is 1. The van der Waals surface area contributed by atoms with Gasteiger partial charge in [-0.2, -0.15) is 0 Å². The van der Waals surface area contributed by atoms with Crippen LogP contribution in [0.3, 0.4) is 0 Å². The minimum Gasteiger partial charge on any atom is -0.497 e. The van der Waals surface area contributed by atoms with Gasteiger partial charge >= 0.3 is 0 Å². The topological polar surface area (TPSA) is 9.23 Å². The summed E-state index contributed by atoms with van der Waals surface area (Å²) in [6, 6.07) is 6.58. The van der Waals surface area contributed by atoms with Crippen molar-refractivity contribution < 1.29 is 4.74 Å². The first kappa shape index (κ1) is 12.8. The third-order valence-electron chi connectivity index (χ3n) is 5.26. The Morgan fingerprint density at radius 1 is 1.26 bits per heavy atom. The Kier molecular flexibility index (Phi) is 2.96. The van der Waals surface area contributed by atoms with Crippen molar-refractivity contribution in [2.24, 2.45) is 11.3 Å². The predicted molar refractivity (Wildman–Crippen MR) is 80.4 cm³/mol. The van der Waals surface area contributed by atoms with Gasteiger partial charge in [-0.25, -0.2) is 0 Å². The van der Waals surface area contributed by atoms with Crippen LogP contribution in [0.2, 0.25) is 0 Å². The van der Waals surface area contributed by atoms with Gasteiger partial charge in [0.25, 0.3) is 0 Å². The Balaban J connectivity index is 2.11. The van der Waals surface area contributed by atoms with Crippen LogP contribution in [0.1, 0.15) is 51.2 Å². The lowest BCUT2D eigenvalue weighted by Gasteiger charge is -2.44. The molecule has 0 aliphatic heterocycles. The van der Waals surface area contributed by atoms with Gasteiger partial charge in [0.1, 0.15) is 5.75 Å². The molecule has 0 radical (unpaired) electrons. The Morgan fingerprint density at radius 3 is 2.79 bits per heavy atom. The Hall–Kier alpha value is -1.24. The van der Waals surface area contributed by atoms with Crippen molar-refractivity contribution in [3.63, 3.8) is 0 Å². The zero-order chi connectivity index (χ0) is 13.6. The lowest BCUT2D eigenvalue weighted by molar-refractivity contribution is 0.187. The first-order valence-corrected chi connectivity index (χ1v) is 7.40. The summed E-state index contributed by atoms with van der Waals surface area (Å²) in [5, 5.41) is 0. The summed E-state index contributed by atoms with van der Waals surface area (Å²) >= 11 is 0. The molecule has 1 aromatic rings. The third kappa shape index (κ3) is 2.00. The third-order valence-corrected chi connectivity index (χ3v) is 5.26. The van der Waals surface area contributed by atoms with Crippen molar-refractivity contribution in [2.75, 3.05) is 7.11 Å². The van der Waals surface area contributed by atoms with Crippen LogP contribution in [0.4, 0.5) is 0 Å². The molecule has 0 heterocycles. The highest BCUT2D eigenvalue weighted by Gasteiger charge is 2.38. The maximum Gasteiger partial charge on any atom is 0.119 e. The van der Waals surface area contributed by atoms with Crippen LogP contribution in [-0.4, -0.2) is 7.11 Å². The molecular formula is C18H24O. The fourth-order valence-corrected chi connectivity index (χ4v) is 4.01. The maximum atomic E-state index is 5.38. The van der Waals surface area contributed by atoms with E-state index >= 15 is 0 Å². The standard InChI is InChI=1S/C18H24O/c1-12-15-6-5-9-18(2,3)17(15)10-13-7-8-14(19-4)11-16(12)13/h7-8,11,17H,5-6,9-10H2,1-4H3. The average Bonchev–Trinajstić information content (AvgIpc) is 2.40. The summed E-state index contributed by atoms with van der Waals surface area (Å²) in [5.41, 5.74) is 6.59. The molecule has 1 aromatic carbocycles. The second-order valence-electron chi connectivity index (χ2n) is 6.77. The van der Waals surface area contributed by atoms with E-state index in [4.69, 9.17) is 4.74 Å². The van der Waals surface area contributed by atoms with Gasteiger partial charge in [-0.1, -0.05) is 25.5 Å². The lowest BCUT2D eigenvalue weighted by Crippen LogP contribution is -2.34. The molecule has 3 rings (SSSR count). The van der Waals surface area contributed by atoms with Crippen LogP contribution in [0, 0.1) is 11.3 Å². The highest BCUT2D eigenvalue weighted by Crippen LogP contribution is 2.51. The molecule has 0 amide bonds. The van der Waals surface area contributed by atoms with Gasteiger partial charge in [-0.3, -0.25) is 0 Å². The van der Waals surface area contributed by atoms with Crippen molar-refractivity contribution in [2.45, 2.75) is 46.5 Å². The fraction of sp³-hybridized carbons (Fsp3) is 0.556. The molecule has 102 valence electrons.